The Morgan fingerprint density at radius 2 is 1.96 bits per heavy atom. The fourth-order valence-corrected chi connectivity index (χ4v) is 2.87. The van der Waals surface area contributed by atoms with Gasteiger partial charge in [0.1, 0.15) is 5.75 Å². The van der Waals surface area contributed by atoms with Crippen LogP contribution in [0.5, 0.6) is 5.75 Å². The number of hydrogen-bond acceptors (Lipinski definition) is 6. The maximum Gasteiger partial charge on any atom is 0.229 e. The highest BCUT2D eigenvalue weighted by Gasteiger charge is 2.16. The van der Waals surface area contributed by atoms with Gasteiger partial charge in [0, 0.05) is 24.9 Å². The van der Waals surface area contributed by atoms with Gasteiger partial charge in [0.15, 0.2) is 11.5 Å². The number of nitrogens with one attached hydrogen (secondary N) is 1. The molecule has 1 aromatic carbocycles. The van der Waals surface area contributed by atoms with Crippen LogP contribution in [-0.2, 0) is 0 Å². The minimum atomic E-state index is 0.190. The second-order valence-electron chi connectivity index (χ2n) is 5.84. The zero-order chi connectivity index (χ0) is 16.4. The number of hydrogen-bond donors (Lipinski definition) is 2. The zero-order valence-electron chi connectivity index (χ0n) is 13.2. The third-order valence-electron chi connectivity index (χ3n) is 4.18. The van der Waals surface area contributed by atoms with Crippen molar-refractivity contribution in [2.24, 2.45) is 4.99 Å². The van der Waals surface area contributed by atoms with Gasteiger partial charge in [0.2, 0.25) is 5.95 Å². The van der Waals surface area contributed by atoms with Gasteiger partial charge in [-0.3, -0.25) is 5.10 Å². The molecule has 0 bridgehead atoms. The van der Waals surface area contributed by atoms with Gasteiger partial charge in [-0.25, -0.2) is 4.99 Å². The number of aromatic hydroxyl groups is 1. The Morgan fingerprint density at radius 3 is 2.79 bits per heavy atom. The number of aliphatic imine (C=N–C) groups is 1. The molecule has 0 atom stereocenters. The summed E-state index contributed by atoms with van der Waals surface area (Å²) in [7, 11) is 0. The Kier molecular flexibility index (Phi) is 3.82. The van der Waals surface area contributed by atoms with E-state index in [0.717, 1.165) is 31.3 Å². The highest BCUT2D eigenvalue weighted by molar-refractivity contribution is 5.91. The monoisotopic (exact) mass is 322 g/mol. The summed E-state index contributed by atoms with van der Waals surface area (Å²) in [6, 6.07) is 7.07. The second-order valence-corrected chi connectivity index (χ2v) is 5.84. The molecule has 3 aromatic rings. The van der Waals surface area contributed by atoms with Crippen LogP contribution in [0.4, 0.5) is 11.8 Å². The Hall–Kier alpha value is -2.96. The molecule has 1 fully saturated rings. The SMILES string of the molecule is Oc1ccccc1C=Nc1nc(N2CCCCC2)nc2[nH]ncc12. The van der Waals surface area contributed by atoms with Crippen LogP contribution in [-0.4, -0.2) is 44.6 Å². The van der Waals surface area contributed by atoms with Crippen molar-refractivity contribution in [3.63, 3.8) is 0 Å². The number of phenolic OH excluding ortho intramolecular Hbond substituents is 1. The van der Waals surface area contributed by atoms with E-state index < -0.39 is 0 Å². The molecule has 2 N–H and O–H groups in total. The molecule has 0 unspecified atom stereocenters. The van der Waals surface area contributed by atoms with Gasteiger partial charge in [-0.1, -0.05) is 12.1 Å². The fraction of sp³-hybridized carbons (Fsp3) is 0.294. The number of nitrogens with zero attached hydrogens (tertiary/aromatic N) is 5. The third-order valence-corrected chi connectivity index (χ3v) is 4.18. The van der Waals surface area contributed by atoms with E-state index in [1.807, 2.05) is 6.07 Å². The number of anilines is 1. The van der Waals surface area contributed by atoms with Crippen LogP contribution >= 0.6 is 0 Å². The minimum absolute atomic E-state index is 0.190. The molecule has 0 aliphatic carbocycles. The normalized spacial score (nSPS) is 15.4. The lowest BCUT2D eigenvalue weighted by molar-refractivity contribution is 0.474. The summed E-state index contributed by atoms with van der Waals surface area (Å²) in [5, 5.41) is 17.6. The third kappa shape index (κ3) is 2.80. The molecule has 0 radical (unpaired) electrons. The van der Waals surface area contributed by atoms with Crippen LogP contribution in [0.1, 0.15) is 24.8 Å². The van der Waals surface area contributed by atoms with Gasteiger partial charge in [-0.05, 0) is 31.4 Å². The summed E-state index contributed by atoms with van der Waals surface area (Å²) in [6.07, 6.45) is 6.85. The molecule has 4 rings (SSSR count). The van der Waals surface area contributed by atoms with E-state index in [0.29, 0.717) is 23.0 Å². The first-order valence-corrected chi connectivity index (χ1v) is 8.09. The number of phenols is 1. The molecule has 1 aliphatic rings. The Balaban J connectivity index is 1.73. The van der Waals surface area contributed by atoms with E-state index >= 15 is 0 Å². The summed E-state index contributed by atoms with van der Waals surface area (Å²) in [6.45, 7) is 1.92. The number of H-pyrrole nitrogens is 1. The molecule has 2 aromatic heterocycles. The molecule has 3 heterocycles. The van der Waals surface area contributed by atoms with Crippen molar-refractivity contribution in [1.29, 1.82) is 0 Å². The summed E-state index contributed by atoms with van der Waals surface area (Å²) in [5.41, 5.74) is 1.32. The molecule has 0 spiro atoms. The predicted octanol–water partition coefficient (Wildman–Crippen LogP) is 2.80. The van der Waals surface area contributed by atoms with E-state index in [2.05, 4.69) is 30.1 Å². The largest absolute Gasteiger partial charge is 0.507 e. The van der Waals surface area contributed by atoms with Gasteiger partial charge in [-0.2, -0.15) is 15.1 Å². The van der Waals surface area contributed by atoms with Crippen molar-refractivity contribution in [1.82, 2.24) is 20.2 Å². The van der Waals surface area contributed by atoms with Crippen molar-refractivity contribution < 1.29 is 5.11 Å². The number of aromatic nitrogens is 4. The van der Waals surface area contributed by atoms with E-state index in [9.17, 15) is 5.11 Å². The highest BCUT2D eigenvalue weighted by Crippen LogP contribution is 2.26. The lowest BCUT2D eigenvalue weighted by atomic mass is 10.1. The van der Waals surface area contributed by atoms with E-state index in [-0.39, 0.29) is 5.75 Å². The predicted molar refractivity (Wildman–Crippen MR) is 93.1 cm³/mol. The molecule has 122 valence electrons. The van der Waals surface area contributed by atoms with Crippen LogP contribution in [0.25, 0.3) is 11.0 Å². The van der Waals surface area contributed by atoms with Crippen LogP contribution in [0.2, 0.25) is 0 Å². The number of benzene rings is 1. The topological polar surface area (TPSA) is 90.3 Å². The zero-order valence-corrected chi connectivity index (χ0v) is 13.2. The van der Waals surface area contributed by atoms with E-state index in [4.69, 9.17) is 0 Å². The number of fused-ring (bicyclic) bond motifs is 1. The Morgan fingerprint density at radius 1 is 1.12 bits per heavy atom. The van der Waals surface area contributed by atoms with Crippen molar-refractivity contribution in [2.45, 2.75) is 19.3 Å². The number of aromatic amines is 1. The summed E-state index contributed by atoms with van der Waals surface area (Å²) in [5.74, 6) is 1.42. The van der Waals surface area contributed by atoms with Crippen molar-refractivity contribution in [2.75, 3.05) is 18.0 Å². The summed E-state index contributed by atoms with van der Waals surface area (Å²) >= 11 is 0. The standard InChI is InChI=1S/C17H18N6O/c24-14-7-3-2-6-12(14)10-18-15-13-11-19-22-16(13)21-17(20-15)23-8-4-1-5-9-23/h2-3,6-7,10-11,24H,1,4-5,8-9H2,(H,19,20,21,22). The maximum absolute atomic E-state index is 9.87. The van der Waals surface area contributed by atoms with Crippen LogP contribution in [0, 0.1) is 0 Å². The fourth-order valence-electron chi connectivity index (χ4n) is 2.87. The average molecular weight is 322 g/mol. The molecule has 1 saturated heterocycles. The molecule has 0 amide bonds. The molecule has 0 saturated carbocycles. The lowest BCUT2D eigenvalue weighted by Gasteiger charge is -2.26. The quantitative estimate of drug-likeness (QED) is 0.724. The first kappa shape index (κ1) is 14.6. The highest BCUT2D eigenvalue weighted by atomic mass is 16.3. The number of para-hydroxylation sites is 1. The maximum atomic E-state index is 9.87. The molecule has 7 heteroatoms. The molecular formula is C17H18N6O. The summed E-state index contributed by atoms with van der Waals surface area (Å²) in [4.78, 5) is 15.8. The number of rotatable bonds is 3. The first-order chi connectivity index (χ1) is 11.8. The van der Waals surface area contributed by atoms with Gasteiger partial charge in [0.25, 0.3) is 0 Å². The number of piperidine rings is 1. The van der Waals surface area contributed by atoms with Gasteiger partial charge < -0.3 is 10.0 Å². The van der Waals surface area contributed by atoms with E-state index in [1.54, 1.807) is 30.6 Å². The van der Waals surface area contributed by atoms with Crippen molar-refractivity contribution in [3.8, 4) is 5.75 Å². The first-order valence-electron chi connectivity index (χ1n) is 8.09. The molecule has 1 aliphatic heterocycles. The molecule has 24 heavy (non-hydrogen) atoms. The van der Waals surface area contributed by atoms with Crippen LogP contribution in [0.15, 0.2) is 35.5 Å². The van der Waals surface area contributed by atoms with E-state index in [1.165, 1.54) is 6.42 Å². The second kappa shape index (κ2) is 6.27. The average Bonchev–Trinajstić information content (AvgIpc) is 3.10. The van der Waals surface area contributed by atoms with Crippen LogP contribution < -0.4 is 4.90 Å². The van der Waals surface area contributed by atoms with Crippen molar-refractivity contribution in [3.05, 3.63) is 36.0 Å². The smallest absolute Gasteiger partial charge is 0.229 e. The lowest BCUT2D eigenvalue weighted by Crippen LogP contribution is -2.30. The Bertz CT molecular complexity index is 882. The molecular weight excluding hydrogens is 304 g/mol. The minimum Gasteiger partial charge on any atom is -0.507 e. The van der Waals surface area contributed by atoms with Gasteiger partial charge in [0.05, 0.1) is 11.6 Å². The van der Waals surface area contributed by atoms with Gasteiger partial charge >= 0.3 is 0 Å². The molecule has 7 nitrogen and oxygen atoms in total. The van der Waals surface area contributed by atoms with Crippen LogP contribution in [0.3, 0.4) is 0 Å². The Labute approximate surface area is 139 Å². The van der Waals surface area contributed by atoms with Crippen molar-refractivity contribution >= 4 is 29.0 Å². The van der Waals surface area contributed by atoms with Gasteiger partial charge in [-0.15, -0.1) is 0 Å². The summed E-state index contributed by atoms with van der Waals surface area (Å²) < 4.78 is 0.